The number of aromatic nitrogens is 3. The van der Waals surface area contributed by atoms with Gasteiger partial charge in [-0.1, -0.05) is 158 Å². The molecule has 1 unspecified atom stereocenters. The maximum atomic E-state index is 9.72. The van der Waals surface area contributed by atoms with Crippen molar-refractivity contribution in [3.8, 4) is 40.2 Å². The molecule has 0 saturated carbocycles. The van der Waals surface area contributed by atoms with Crippen molar-refractivity contribution in [1.29, 1.82) is 5.26 Å². The van der Waals surface area contributed by atoms with Crippen LogP contribution in [0.15, 0.2) is 187 Å². The predicted molar refractivity (Wildman–Crippen MR) is 236 cm³/mol. The Balaban J connectivity index is 1.12. The summed E-state index contributed by atoms with van der Waals surface area (Å²) in [6, 6.07) is 65.6. The van der Waals surface area contributed by atoms with Crippen molar-refractivity contribution in [2.45, 2.75) is 5.41 Å². The van der Waals surface area contributed by atoms with Crippen molar-refractivity contribution in [2.24, 2.45) is 4.99 Å². The van der Waals surface area contributed by atoms with Gasteiger partial charge in [0.25, 0.3) is 0 Å². The SMILES string of the molecule is CN=Cc1ccc(C2(c3ccc(C#N)cc3)C(c3ccc(-c4nc(-c5ccc6ccccc6c5)nc(-c5ccc6ccccc6c5)n4)cc3)=Cc3ccccc32)cc1. The van der Waals surface area contributed by atoms with Crippen LogP contribution in [0.5, 0.6) is 0 Å². The lowest BCUT2D eigenvalue weighted by molar-refractivity contribution is 0.814. The third-order valence-corrected chi connectivity index (χ3v) is 11.2. The van der Waals surface area contributed by atoms with E-state index in [0.717, 1.165) is 71.6 Å². The maximum Gasteiger partial charge on any atom is 0.164 e. The van der Waals surface area contributed by atoms with Gasteiger partial charge in [-0.3, -0.25) is 4.99 Å². The van der Waals surface area contributed by atoms with Crippen LogP contribution in [0.1, 0.15) is 38.9 Å². The molecule has 0 aliphatic heterocycles. The monoisotopic (exact) mass is 741 g/mol. The summed E-state index contributed by atoms with van der Waals surface area (Å²) in [6.45, 7) is 0. The van der Waals surface area contributed by atoms with Crippen LogP contribution in [0.25, 0.3) is 67.4 Å². The number of hydrogen-bond acceptors (Lipinski definition) is 5. The van der Waals surface area contributed by atoms with Crippen LogP contribution in [-0.2, 0) is 5.41 Å². The Morgan fingerprint density at radius 2 is 0.983 bits per heavy atom. The number of fused-ring (bicyclic) bond motifs is 3. The summed E-state index contributed by atoms with van der Waals surface area (Å²) in [5, 5.41) is 14.3. The normalized spacial score (nSPS) is 14.7. The number of rotatable bonds is 7. The molecule has 1 heterocycles. The fourth-order valence-corrected chi connectivity index (χ4v) is 8.44. The zero-order valence-electron chi connectivity index (χ0n) is 31.7. The Bertz CT molecular complexity index is 3020. The molecule has 58 heavy (non-hydrogen) atoms. The van der Waals surface area contributed by atoms with E-state index in [1.54, 1.807) is 7.05 Å². The molecule has 0 spiro atoms. The van der Waals surface area contributed by atoms with Crippen molar-refractivity contribution in [1.82, 2.24) is 15.0 Å². The lowest BCUT2D eigenvalue weighted by atomic mass is 9.65. The molecule has 1 aromatic heterocycles. The Hall–Kier alpha value is -7.81. The van der Waals surface area contributed by atoms with E-state index >= 15 is 0 Å². The Labute approximate surface area is 337 Å². The quantitative estimate of drug-likeness (QED) is 0.152. The summed E-state index contributed by atoms with van der Waals surface area (Å²) in [4.78, 5) is 19.6. The van der Waals surface area contributed by atoms with Gasteiger partial charge in [0.1, 0.15) is 0 Å². The van der Waals surface area contributed by atoms with Gasteiger partial charge in [0.2, 0.25) is 0 Å². The molecule has 0 fully saturated rings. The molecule has 8 aromatic carbocycles. The van der Waals surface area contributed by atoms with Crippen molar-refractivity contribution in [2.75, 3.05) is 7.05 Å². The zero-order chi connectivity index (χ0) is 39.1. The number of allylic oxidation sites excluding steroid dienone is 1. The fourth-order valence-electron chi connectivity index (χ4n) is 8.44. The predicted octanol–water partition coefficient (Wildman–Crippen LogP) is 12.0. The van der Waals surface area contributed by atoms with Crippen LogP contribution in [0.4, 0.5) is 0 Å². The summed E-state index contributed by atoms with van der Waals surface area (Å²) < 4.78 is 0. The second kappa shape index (κ2) is 14.4. The van der Waals surface area contributed by atoms with Crippen LogP contribution >= 0.6 is 0 Å². The minimum Gasteiger partial charge on any atom is -0.296 e. The summed E-state index contributed by atoms with van der Waals surface area (Å²) in [7, 11) is 1.79. The first-order chi connectivity index (χ1) is 28.6. The Kier molecular flexibility index (Phi) is 8.58. The molecule has 0 saturated heterocycles. The van der Waals surface area contributed by atoms with E-state index in [-0.39, 0.29) is 0 Å². The van der Waals surface area contributed by atoms with E-state index < -0.39 is 5.41 Å². The molecule has 10 rings (SSSR count). The lowest BCUT2D eigenvalue weighted by Crippen LogP contribution is -2.29. The van der Waals surface area contributed by atoms with Gasteiger partial charge in [-0.25, -0.2) is 15.0 Å². The fraction of sp³-hybridized carbons (Fsp3) is 0.0377. The second-order valence-corrected chi connectivity index (χ2v) is 14.6. The largest absolute Gasteiger partial charge is 0.296 e. The van der Waals surface area contributed by atoms with Crippen LogP contribution in [0.3, 0.4) is 0 Å². The number of benzene rings is 8. The van der Waals surface area contributed by atoms with Crippen molar-refractivity contribution >= 4 is 39.4 Å². The average molecular weight is 742 g/mol. The van der Waals surface area contributed by atoms with Crippen LogP contribution in [0, 0.1) is 11.3 Å². The van der Waals surface area contributed by atoms with Crippen molar-refractivity contribution in [3.05, 3.63) is 221 Å². The summed E-state index contributed by atoms with van der Waals surface area (Å²) in [5.74, 6) is 1.84. The first-order valence-electron chi connectivity index (χ1n) is 19.3. The molecule has 0 radical (unpaired) electrons. The standard InChI is InChI=1S/C53H35N5/c1-55-34-36-16-28-47(29-17-36)53(46-26-14-35(33-54)15-27-46)48-13-7-6-12-43(48)32-49(53)39-20-22-40(23-21-39)50-56-51(44-24-18-37-8-2-4-10-41(37)30-44)58-52(57-50)45-25-19-38-9-3-5-11-42(38)31-45/h2-32,34H,1H3. The average Bonchev–Trinajstić information content (AvgIpc) is 3.65. The van der Waals surface area contributed by atoms with Gasteiger partial charge in [0, 0.05) is 30.0 Å². The Morgan fingerprint density at radius 1 is 0.500 bits per heavy atom. The maximum absolute atomic E-state index is 9.72. The van der Waals surface area contributed by atoms with Crippen molar-refractivity contribution < 1.29 is 0 Å². The lowest BCUT2D eigenvalue weighted by Gasteiger charge is -2.36. The third-order valence-electron chi connectivity index (χ3n) is 11.2. The highest BCUT2D eigenvalue weighted by atomic mass is 15.0. The molecule has 0 amide bonds. The number of nitrogens with zero attached hydrogens (tertiary/aromatic N) is 5. The molecule has 0 bridgehead atoms. The van der Waals surface area contributed by atoms with E-state index in [0.29, 0.717) is 23.0 Å². The molecular formula is C53H35N5. The van der Waals surface area contributed by atoms with Crippen molar-refractivity contribution in [3.63, 3.8) is 0 Å². The number of nitriles is 1. The minimum absolute atomic E-state index is 0.600. The molecule has 1 aliphatic rings. The van der Waals surface area contributed by atoms with Crippen LogP contribution in [-0.4, -0.2) is 28.2 Å². The van der Waals surface area contributed by atoms with E-state index in [1.807, 2.05) is 18.3 Å². The topological polar surface area (TPSA) is 74.8 Å². The highest BCUT2D eigenvalue weighted by Gasteiger charge is 2.45. The smallest absolute Gasteiger partial charge is 0.164 e. The highest BCUT2D eigenvalue weighted by molar-refractivity contribution is 6.00. The molecule has 272 valence electrons. The molecule has 5 nitrogen and oxygen atoms in total. The first-order valence-corrected chi connectivity index (χ1v) is 19.3. The molecule has 9 aromatic rings. The van der Waals surface area contributed by atoms with Gasteiger partial charge >= 0.3 is 0 Å². The Morgan fingerprint density at radius 3 is 1.55 bits per heavy atom. The van der Waals surface area contributed by atoms with E-state index in [9.17, 15) is 5.26 Å². The minimum atomic E-state index is -0.645. The van der Waals surface area contributed by atoms with Gasteiger partial charge < -0.3 is 0 Å². The third kappa shape index (κ3) is 5.96. The first kappa shape index (κ1) is 34.7. The number of aliphatic imine (C=N–C) groups is 1. The van der Waals surface area contributed by atoms with Gasteiger partial charge in [0.15, 0.2) is 17.5 Å². The van der Waals surface area contributed by atoms with Gasteiger partial charge in [-0.05, 0) is 90.8 Å². The van der Waals surface area contributed by atoms with Gasteiger partial charge in [-0.15, -0.1) is 0 Å². The van der Waals surface area contributed by atoms with Gasteiger partial charge in [-0.2, -0.15) is 5.26 Å². The van der Waals surface area contributed by atoms with Crippen LogP contribution in [0.2, 0.25) is 0 Å². The second-order valence-electron chi connectivity index (χ2n) is 14.6. The van der Waals surface area contributed by atoms with Crippen LogP contribution < -0.4 is 0 Å². The molecule has 1 aliphatic carbocycles. The highest BCUT2D eigenvalue weighted by Crippen LogP contribution is 2.55. The molecule has 0 N–H and O–H groups in total. The number of hydrogen-bond donors (Lipinski definition) is 0. The molecular weight excluding hydrogens is 707 g/mol. The summed E-state index contributed by atoms with van der Waals surface area (Å²) in [5.41, 5.74) is 10.5. The zero-order valence-corrected chi connectivity index (χ0v) is 31.7. The van der Waals surface area contributed by atoms with E-state index in [1.165, 1.54) is 5.56 Å². The molecule has 1 atom stereocenters. The van der Waals surface area contributed by atoms with E-state index in [4.69, 9.17) is 15.0 Å². The molecule has 5 heteroatoms. The summed E-state index contributed by atoms with van der Waals surface area (Å²) >= 11 is 0. The van der Waals surface area contributed by atoms with E-state index in [2.05, 4.69) is 187 Å². The summed E-state index contributed by atoms with van der Waals surface area (Å²) in [6.07, 6.45) is 4.18. The van der Waals surface area contributed by atoms with Gasteiger partial charge in [0.05, 0.1) is 17.0 Å².